The van der Waals surface area contributed by atoms with Crippen LogP contribution in [0.3, 0.4) is 0 Å². The van der Waals surface area contributed by atoms with Gasteiger partial charge in [0.1, 0.15) is 5.57 Å². The molecule has 100 valence electrons. The summed E-state index contributed by atoms with van der Waals surface area (Å²) >= 11 is 0. The Morgan fingerprint density at radius 3 is 2.58 bits per heavy atom. The van der Waals surface area contributed by atoms with Crippen LogP contribution < -0.4 is 0 Å². The summed E-state index contributed by atoms with van der Waals surface area (Å²) in [5, 5.41) is 0. The van der Waals surface area contributed by atoms with Gasteiger partial charge in [0.25, 0.3) is 0 Å². The summed E-state index contributed by atoms with van der Waals surface area (Å²) in [7, 11) is 0. The number of unbranched alkanes of at least 4 members (excludes halogenated alkanes) is 1. The maximum absolute atomic E-state index is 12.0. The fourth-order valence-corrected chi connectivity index (χ4v) is 1.42. The van der Waals surface area contributed by atoms with Crippen molar-refractivity contribution in [3.63, 3.8) is 0 Å². The summed E-state index contributed by atoms with van der Waals surface area (Å²) in [4.78, 5) is 12.0. The number of carbonyl (C=O) groups excluding carboxylic acids is 1. The smallest absolute Gasteiger partial charge is 0.346 e. The lowest BCUT2D eigenvalue weighted by Gasteiger charge is -2.07. The van der Waals surface area contributed by atoms with Gasteiger partial charge in [-0.1, -0.05) is 49.1 Å². The van der Waals surface area contributed by atoms with E-state index in [-0.39, 0.29) is 12.1 Å². The van der Waals surface area contributed by atoms with Crippen LogP contribution in [-0.4, -0.2) is 12.1 Å². The van der Waals surface area contributed by atoms with Crippen LogP contribution >= 0.6 is 0 Å². The first kappa shape index (κ1) is 15.0. The molecule has 0 saturated heterocycles. The molecule has 0 radical (unpaired) electrons. The second-order valence-corrected chi connectivity index (χ2v) is 4.47. The van der Waals surface area contributed by atoms with E-state index in [4.69, 9.17) is 4.74 Å². The monoisotopic (exact) mass is 256 g/mol. The number of benzene rings is 1. The summed E-state index contributed by atoms with van der Waals surface area (Å²) in [6, 6.07) is 9.66. The Hall–Kier alpha value is -2.01. The Kier molecular flexibility index (Phi) is 6.46. The molecule has 0 heterocycles. The molecule has 0 aliphatic rings. The Bertz CT molecular complexity index is 487. The van der Waals surface area contributed by atoms with E-state index >= 15 is 0 Å². The maximum Gasteiger partial charge on any atom is 0.346 e. The second kappa shape index (κ2) is 8.16. The minimum atomic E-state index is -0.359. The van der Waals surface area contributed by atoms with Crippen LogP contribution in [0.4, 0.5) is 0 Å². The highest BCUT2D eigenvalue weighted by molar-refractivity contribution is 5.98. The van der Waals surface area contributed by atoms with Crippen LogP contribution in [-0.2, 0) is 9.53 Å². The molecule has 0 aliphatic heterocycles. The van der Waals surface area contributed by atoms with Gasteiger partial charge in [-0.2, -0.15) is 0 Å². The van der Waals surface area contributed by atoms with Crippen molar-refractivity contribution >= 4 is 12.0 Å². The molecule has 0 aliphatic carbocycles. The lowest BCUT2D eigenvalue weighted by Crippen LogP contribution is -2.12. The van der Waals surface area contributed by atoms with Crippen molar-refractivity contribution < 1.29 is 9.53 Å². The van der Waals surface area contributed by atoms with E-state index in [2.05, 4.69) is 18.8 Å². The van der Waals surface area contributed by atoms with E-state index < -0.39 is 0 Å². The van der Waals surface area contributed by atoms with Gasteiger partial charge in [0.05, 0.1) is 6.10 Å². The van der Waals surface area contributed by atoms with Crippen LogP contribution in [0.2, 0.25) is 0 Å². The Morgan fingerprint density at radius 1 is 1.32 bits per heavy atom. The largest absolute Gasteiger partial charge is 0.459 e. The van der Waals surface area contributed by atoms with Crippen molar-refractivity contribution in [3.8, 4) is 11.8 Å². The molecular weight excluding hydrogens is 236 g/mol. The van der Waals surface area contributed by atoms with Crippen LogP contribution in [0.1, 0.15) is 39.2 Å². The molecule has 0 saturated carbocycles. The average Bonchev–Trinajstić information content (AvgIpc) is 2.38. The first-order valence-electron chi connectivity index (χ1n) is 6.60. The minimum Gasteiger partial charge on any atom is -0.459 e. The second-order valence-electron chi connectivity index (χ2n) is 4.47. The highest BCUT2D eigenvalue weighted by atomic mass is 16.5. The predicted octanol–water partition coefficient (Wildman–Crippen LogP) is 3.83. The fourth-order valence-electron chi connectivity index (χ4n) is 1.42. The van der Waals surface area contributed by atoms with E-state index in [1.807, 2.05) is 44.2 Å². The summed E-state index contributed by atoms with van der Waals surface area (Å²) in [6.07, 6.45) is 3.39. The van der Waals surface area contributed by atoms with Gasteiger partial charge in [-0.15, -0.1) is 0 Å². The van der Waals surface area contributed by atoms with Gasteiger partial charge < -0.3 is 4.74 Å². The molecule has 0 unspecified atom stereocenters. The van der Waals surface area contributed by atoms with Crippen molar-refractivity contribution in [2.24, 2.45) is 0 Å². The molecule has 0 N–H and O–H groups in total. The third-order valence-electron chi connectivity index (χ3n) is 2.27. The van der Waals surface area contributed by atoms with E-state index in [0.29, 0.717) is 5.57 Å². The lowest BCUT2D eigenvalue weighted by atomic mass is 10.1. The van der Waals surface area contributed by atoms with E-state index in [9.17, 15) is 4.79 Å². The van der Waals surface area contributed by atoms with Gasteiger partial charge in [0.2, 0.25) is 0 Å². The number of ether oxygens (including phenoxy) is 1. The fraction of sp³-hybridized carbons (Fsp3) is 0.353. The van der Waals surface area contributed by atoms with Crippen molar-refractivity contribution in [2.75, 3.05) is 0 Å². The van der Waals surface area contributed by atoms with Gasteiger partial charge in [-0.25, -0.2) is 4.79 Å². The third-order valence-corrected chi connectivity index (χ3v) is 2.27. The molecule has 19 heavy (non-hydrogen) atoms. The molecule has 0 spiro atoms. The maximum atomic E-state index is 12.0. The number of hydrogen-bond acceptors (Lipinski definition) is 2. The quantitative estimate of drug-likeness (QED) is 0.465. The van der Waals surface area contributed by atoms with Crippen LogP contribution in [0.25, 0.3) is 6.08 Å². The molecule has 0 amide bonds. The summed E-state index contributed by atoms with van der Waals surface area (Å²) < 4.78 is 5.21. The van der Waals surface area contributed by atoms with Crippen molar-refractivity contribution in [1.29, 1.82) is 0 Å². The predicted molar refractivity (Wildman–Crippen MR) is 78.3 cm³/mol. The van der Waals surface area contributed by atoms with Crippen LogP contribution in [0.15, 0.2) is 35.9 Å². The molecule has 2 heteroatoms. The van der Waals surface area contributed by atoms with E-state index in [1.54, 1.807) is 6.08 Å². The standard InChI is InChI=1S/C17H20O2/c1-4-5-7-12-16(17(18)19-14(2)3)13-15-10-8-6-9-11-15/h6,8-11,13-14H,4-5H2,1-3H3. The van der Waals surface area contributed by atoms with Gasteiger partial charge in [-0.05, 0) is 31.9 Å². The average molecular weight is 256 g/mol. The molecule has 0 atom stereocenters. The summed E-state index contributed by atoms with van der Waals surface area (Å²) in [5.41, 5.74) is 1.36. The van der Waals surface area contributed by atoms with Crippen LogP contribution in [0.5, 0.6) is 0 Å². The molecule has 1 aromatic rings. The first-order chi connectivity index (χ1) is 9.13. The van der Waals surface area contributed by atoms with Gasteiger partial charge in [-0.3, -0.25) is 0 Å². The Morgan fingerprint density at radius 2 is 2.00 bits per heavy atom. The Labute approximate surface area is 115 Å². The molecule has 1 rings (SSSR count). The van der Waals surface area contributed by atoms with Gasteiger partial charge >= 0.3 is 5.97 Å². The number of carbonyl (C=O) groups is 1. The zero-order chi connectivity index (χ0) is 14.1. The topological polar surface area (TPSA) is 26.3 Å². The normalized spacial score (nSPS) is 10.8. The lowest BCUT2D eigenvalue weighted by molar-refractivity contribution is -0.142. The first-order valence-corrected chi connectivity index (χ1v) is 6.60. The molecule has 0 fully saturated rings. The minimum absolute atomic E-state index is 0.139. The SMILES string of the molecule is CCCC#CC(=Cc1ccccc1)C(=O)OC(C)C. The van der Waals surface area contributed by atoms with Crippen molar-refractivity contribution in [2.45, 2.75) is 39.7 Å². The number of esters is 1. The van der Waals surface area contributed by atoms with E-state index in [1.165, 1.54) is 0 Å². The zero-order valence-electron chi connectivity index (χ0n) is 11.8. The zero-order valence-corrected chi connectivity index (χ0v) is 11.8. The number of hydrogen-bond donors (Lipinski definition) is 0. The molecule has 2 nitrogen and oxygen atoms in total. The molecule has 1 aromatic carbocycles. The highest BCUT2D eigenvalue weighted by Gasteiger charge is 2.10. The highest BCUT2D eigenvalue weighted by Crippen LogP contribution is 2.09. The number of rotatable bonds is 4. The molecule has 0 aromatic heterocycles. The van der Waals surface area contributed by atoms with Crippen molar-refractivity contribution in [1.82, 2.24) is 0 Å². The summed E-state index contributed by atoms with van der Waals surface area (Å²) in [6.45, 7) is 5.72. The van der Waals surface area contributed by atoms with Gasteiger partial charge in [0.15, 0.2) is 0 Å². The Balaban J connectivity index is 2.96. The van der Waals surface area contributed by atoms with Crippen LogP contribution in [0, 0.1) is 11.8 Å². The molecule has 0 bridgehead atoms. The van der Waals surface area contributed by atoms with Crippen molar-refractivity contribution in [3.05, 3.63) is 41.5 Å². The third kappa shape index (κ3) is 5.92. The molecular formula is C17H20O2. The van der Waals surface area contributed by atoms with E-state index in [0.717, 1.165) is 18.4 Å². The van der Waals surface area contributed by atoms with Gasteiger partial charge in [0, 0.05) is 6.42 Å². The summed E-state index contributed by atoms with van der Waals surface area (Å²) in [5.74, 6) is 5.54.